The molecule has 0 bridgehead atoms. The van der Waals surface area contributed by atoms with E-state index in [1.54, 1.807) is 6.92 Å². The molecule has 0 amide bonds. The van der Waals surface area contributed by atoms with E-state index in [1.165, 1.54) is 9.10 Å². The lowest BCUT2D eigenvalue weighted by atomic mass is 10.0. The maximum atomic E-state index is 12.3. The van der Waals surface area contributed by atoms with Gasteiger partial charge in [0.1, 0.15) is 0 Å². The number of hydrogen-bond donors (Lipinski definition) is 1. The SMILES string of the molecule is CCS(=O)(=O)N1CCN([n+]2[n-]oc(=N)c2Br)C(c2cccc(C)c2)C1. The Morgan fingerprint density at radius 1 is 1.44 bits per heavy atom. The van der Waals surface area contributed by atoms with Crippen LogP contribution in [0.5, 0.6) is 0 Å². The van der Waals surface area contributed by atoms with Crippen molar-refractivity contribution in [1.82, 2.24) is 9.58 Å². The van der Waals surface area contributed by atoms with Crippen LogP contribution >= 0.6 is 15.9 Å². The number of hydrogen-bond acceptors (Lipinski definition) is 5. The molecule has 0 radical (unpaired) electrons. The number of aromatic nitrogens is 2. The van der Waals surface area contributed by atoms with Crippen LogP contribution in [0.2, 0.25) is 0 Å². The van der Waals surface area contributed by atoms with Gasteiger partial charge in [-0.1, -0.05) is 34.6 Å². The predicted molar refractivity (Wildman–Crippen MR) is 93.8 cm³/mol. The summed E-state index contributed by atoms with van der Waals surface area (Å²) >= 11 is 3.31. The molecule has 0 aliphatic carbocycles. The van der Waals surface area contributed by atoms with Crippen LogP contribution in [0.15, 0.2) is 33.4 Å². The monoisotopic (exact) mass is 429 g/mol. The molecule has 1 atom stereocenters. The van der Waals surface area contributed by atoms with Gasteiger partial charge < -0.3 is 4.52 Å². The van der Waals surface area contributed by atoms with Gasteiger partial charge in [-0.2, -0.15) is 0 Å². The molecule has 1 saturated heterocycles. The Balaban J connectivity index is 2.03. The van der Waals surface area contributed by atoms with Gasteiger partial charge in [-0.25, -0.2) is 12.7 Å². The minimum absolute atomic E-state index is 0.0746. The molecule has 1 aromatic heterocycles. The van der Waals surface area contributed by atoms with Crippen molar-refractivity contribution in [1.29, 1.82) is 5.41 Å². The van der Waals surface area contributed by atoms with Crippen LogP contribution in [0.4, 0.5) is 0 Å². The number of aryl methyl sites for hydroxylation is 1. The molecular weight excluding hydrogens is 410 g/mol. The van der Waals surface area contributed by atoms with Gasteiger partial charge >= 0.3 is 10.2 Å². The molecule has 2 heterocycles. The molecule has 1 aliphatic heterocycles. The lowest BCUT2D eigenvalue weighted by Crippen LogP contribution is -2.68. The quantitative estimate of drug-likeness (QED) is 0.710. The molecule has 1 fully saturated rings. The Morgan fingerprint density at radius 2 is 2.20 bits per heavy atom. The molecule has 0 spiro atoms. The van der Waals surface area contributed by atoms with Crippen molar-refractivity contribution in [2.24, 2.45) is 0 Å². The van der Waals surface area contributed by atoms with E-state index < -0.39 is 10.0 Å². The van der Waals surface area contributed by atoms with E-state index in [-0.39, 0.29) is 17.3 Å². The predicted octanol–water partition coefficient (Wildman–Crippen LogP) is 0.419. The average molecular weight is 430 g/mol. The van der Waals surface area contributed by atoms with Gasteiger partial charge in [0.05, 0.1) is 11.8 Å². The normalized spacial score (nSPS) is 19.3. The van der Waals surface area contributed by atoms with Crippen LogP contribution in [-0.2, 0) is 10.0 Å². The molecular formula is C15H20BrN5O3S. The van der Waals surface area contributed by atoms with E-state index in [1.807, 2.05) is 36.2 Å². The fourth-order valence-corrected chi connectivity index (χ4v) is 4.40. The molecule has 0 saturated carbocycles. The first-order valence-electron chi connectivity index (χ1n) is 7.94. The highest BCUT2D eigenvalue weighted by atomic mass is 79.9. The van der Waals surface area contributed by atoms with E-state index in [2.05, 4.69) is 21.2 Å². The van der Waals surface area contributed by atoms with Crippen LogP contribution < -0.4 is 20.6 Å². The molecule has 1 aliphatic rings. The average Bonchev–Trinajstić information content (AvgIpc) is 2.93. The summed E-state index contributed by atoms with van der Waals surface area (Å²) in [5.41, 5.74) is 2.01. The first-order chi connectivity index (χ1) is 11.8. The summed E-state index contributed by atoms with van der Waals surface area (Å²) in [7, 11) is -3.28. The van der Waals surface area contributed by atoms with Crippen LogP contribution in [0.1, 0.15) is 24.1 Å². The Labute approximate surface area is 154 Å². The number of halogens is 1. The third-order valence-electron chi connectivity index (χ3n) is 4.32. The van der Waals surface area contributed by atoms with Crippen LogP contribution in [0.3, 0.4) is 0 Å². The summed E-state index contributed by atoms with van der Waals surface area (Å²) in [5.74, 6) is 0.0746. The van der Waals surface area contributed by atoms with E-state index in [9.17, 15) is 8.42 Å². The van der Waals surface area contributed by atoms with E-state index >= 15 is 0 Å². The molecule has 10 heteroatoms. The molecule has 136 valence electrons. The van der Waals surface area contributed by atoms with Gasteiger partial charge in [-0.05, 0) is 24.7 Å². The zero-order chi connectivity index (χ0) is 18.2. The minimum Gasteiger partial charge on any atom is -0.379 e. The van der Waals surface area contributed by atoms with Crippen molar-refractivity contribution >= 4 is 26.0 Å². The Hall–Kier alpha value is -1.65. The van der Waals surface area contributed by atoms with Crippen LogP contribution in [-0.4, -0.2) is 38.1 Å². The number of benzene rings is 1. The molecule has 3 rings (SSSR count). The highest BCUT2D eigenvalue weighted by Crippen LogP contribution is 2.25. The third-order valence-corrected chi connectivity index (χ3v) is 6.84. The van der Waals surface area contributed by atoms with Gasteiger partial charge in [-0.3, -0.25) is 10.4 Å². The summed E-state index contributed by atoms with van der Waals surface area (Å²) < 4.78 is 31.5. The zero-order valence-electron chi connectivity index (χ0n) is 14.0. The minimum atomic E-state index is -3.28. The number of piperazine rings is 1. The largest absolute Gasteiger partial charge is 0.379 e. The lowest BCUT2D eigenvalue weighted by Gasteiger charge is -2.41. The summed E-state index contributed by atoms with van der Waals surface area (Å²) in [4.78, 5) is 1.49. The van der Waals surface area contributed by atoms with Crippen molar-refractivity contribution in [3.63, 3.8) is 0 Å². The highest BCUT2D eigenvalue weighted by molar-refractivity contribution is 9.10. The standard InChI is InChI=1S/C15H20BrN5O3S/c1-3-25(22,23)19-7-8-20(21-14(16)15(17)24-18-21)13(10-19)12-6-4-5-11(2)9-12/h4-6,9,13,17H,3,7-8,10H2,1-2H3. The second-order valence-corrected chi connectivity index (χ2v) is 8.94. The van der Waals surface area contributed by atoms with E-state index in [4.69, 9.17) is 9.93 Å². The van der Waals surface area contributed by atoms with E-state index in [0.29, 0.717) is 24.2 Å². The third kappa shape index (κ3) is 3.51. The van der Waals surface area contributed by atoms with Crippen molar-refractivity contribution in [3.05, 3.63) is 45.5 Å². The number of nitrogens with one attached hydrogen (secondary N) is 1. The van der Waals surface area contributed by atoms with Gasteiger partial charge in [0.25, 0.3) is 0 Å². The Morgan fingerprint density at radius 3 is 2.80 bits per heavy atom. The lowest BCUT2D eigenvalue weighted by molar-refractivity contribution is -0.777. The number of rotatable bonds is 4. The molecule has 2 aromatic rings. The number of nitrogens with zero attached hydrogens (tertiary/aromatic N) is 4. The van der Waals surface area contributed by atoms with Crippen molar-refractivity contribution < 1.29 is 17.7 Å². The molecule has 8 nitrogen and oxygen atoms in total. The molecule has 1 unspecified atom stereocenters. The summed E-state index contributed by atoms with van der Waals surface area (Å²) in [6.45, 7) is 4.77. The fourth-order valence-electron chi connectivity index (χ4n) is 2.97. The van der Waals surface area contributed by atoms with Gasteiger partial charge in [-0.15, -0.1) is 0 Å². The topological polar surface area (TPSA) is 95.6 Å². The second kappa shape index (κ2) is 6.93. The Bertz CT molecular complexity index is 923. The first kappa shape index (κ1) is 18.2. The molecule has 25 heavy (non-hydrogen) atoms. The van der Waals surface area contributed by atoms with Crippen LogP contribution in [0.25, 0.3) is 0 Å². The van der Waals surface area contributed by atoms with Crippen molar-refractivity contribution in [2.45, 2.75) is 19.9 Å². The van der Waals surface area contributed by atoms with Crippen LogP contribution in [0, 0.1) is 12.3 Å². The fraction of sp³-hybridized carbons (Fsp3) is 0.467. The first-order valence-corrected chi connectivity index (χ1v) is 10.3. The van der Waals surface area contributed by atoms with Gasteiger partial charge in [0.15, 0.2) is 0 Å². The zero-order valence-corrected chi connectivity index (χ0v) is 16.4. The molecule has 1 N–H and O–H groups in total. The van der Waals surface area contributed by atoms with Gasteiger partial charge in [0, 0.05) is 35.6 Å². The summed E-state index contributed by atoms with van der Waals surface area (Å²) in [5, 5.41) is 13.5. The smallest absolute Gasteiger partial charge is 0.332 e. The van der Waals surface area contributed by atoms with E-state index in [0.717, 1.165) is 11.1 Å². The molecule has 1 aromatic carbocycles. The highest BCUT2D eigenvalue weighted by Gasteiger charge is 2.35. The van der Waals surface area contributed by atoms with Crippen molar-refractivity contribution in [2.75, 3.05) is 30.4 Å². The maximum absolute atomic E-state index is 12.3. The summed E-state index contributed by atoms with van der Waals surface area (Å²) in [6, 6.07) is 7.73. The van der Waals surface area contributed by atoms with Crippen molar-refractivity contribution in [3.8, 4) is 0 Å². The maximum Gasteiger partial charge on any atom is 0.332 e. The van der Waals surface area contributed by atoms with Gasteiger partial charge in [0.2, 0.25) is 10.0 Å². The Kier molecular flexibility index (Phi) is 5.03. The second-order valence-electron chi connectivity index (χ2n) is 5.93. The summed E-state index contributed by atoms with van der Waals surface area (Å²) in [6.07, 6.45) is 0. The number of sulfonamides is 1.